The van der Waals surface area contributed by atoms with Crippen molar-refractivity contribution in [1.29, 1.82) is 5.26 Å². The Morgan fingerprint density at radius 1 is 1.25 bits per heavy atom. The molecule has 0 radical (unpaired) electrons. The van der Waals surface area contributed by atoms with E-state index in [9.17, 15) is 14.9 Å². The zero-order valence-electron chi connectivity index (χ0n) is 17.6. The second-order valence-corrected chi connectivity index (χ2v) is 8.10. The van der Waals surface area contributed by atoms with Gasteiger partial charge in [-0.05, 0) is 17.7 Å². The Balaban J connectivity index is 1.51. The van der Waals surface area contributed by atoms with Crippen molar-refractivity contribution in [3.05, 3.63) is 45.7 Å². The molecule has 1 aromatic heterocycles. The molecule has 1 aromatic carbocycles. The van der Waals surface area contributed by atoms with Gasteiger partial charge < -0.3 is 24.4 Å². The maximum atomic E-state index is 13.2. The van der Waals surface area contributed by atoms with Crippen LogP contribution in [-0.4, -0.2) is 55.1 Å². The summed E-state index contributed by atoms with van der Waals surface area (Å²) in [7, 11) is 1.54. The largest absolute Gasteiger partial charge is 0.497 e. The highest BCUT2D eigenvalue weighted by atomic mass is 16.7. The number of hydrogen-bond acceptors (Lipinski definition) is 8. The third-order valence-corrected chi connectivity index (χ3v) is 6.34. The maximum Gasteiger partial charge on any atom is 0.258 e. The van der Waals surface area contributed by atoms with Crippen LogP contribution < -0.4 is 20.5 Å². The first-order valence-electron chi connectivity index (χ1n) is 10.5. The number of carbonyl (C=O) groups is 1. The van der Waals surface area contributed by atoms with Gasteiger partial charge in [0.1, 0.15) is 17.5 Å². The van der Waals surface area contributed by atoms with Gasteiger partial charge in [-0.25, -0.2) is 0 Å². The van der Waals surface area contributed by atoms with Crippen LogP contribution in [0.2, 0.25) is 0 Å². The van der Waals surface area contributed by atoms with E-state index < -0.39 is 23.5 Å². The lowest BCUT2D eigenvalue weighted by molar-refractivity contribution is -0.169. The summed E-state index contributed by atoms with van der Waals surface area (Å²) < 4.78 is 16.8. The van der Waals surface area contributed by atoms with Gasteiger partial charge in [-0.1, -0.05) is 12.1 Å². The molecule has 0 bridgehead atoms. The SMILES string of the molecule is COc1cccc(C2c3c(nc(N4CCC5(CC4)OCCO5)[nH]c3=O)NC(=O)C2C#N)c1. The lowest BCUT2D eigenvalue weighted by Crippen LogP contribution is -2.46. The number of amides is 1. The van der Waals surface area contributed by atoms with Crippen LogP contribution in [0.3, 0.4) is 0 Å². The van der Waals surface area contributed by atoms with Crippen LogP contribution in [0.15, 0.2) is 29.1 Å². The van der Waals surface area contributed by atoms with Crippen LogP contribution in [0.5, 0.6) is 5.75 Å². The average molecular weight is 437 g/mol. The first-order chi connectivity index (χ1) is 15.5. The summed E-state index contributed by atoms with van der Waals surface area (Å²) in [5.74, 6) is -1.71. The van der Waals surface area contributed by atoms with Crippen LogP contribution in [0.25, 0.3) is 0 Å². The number of nitriles is 1. The topological polar surface area (TPSA) is 130 Å². The second kappa shape index (κ2) is 7.93. The lowest BCUT2D eigenvalue weighted by Gasteiger charge is -2.38. The Morgan fingerprint density at radius 2 is 2.00 bits per heavy atom. The number of anilines is 2. The van der Waals surface area contributed by atoms with Crippen molar-refractivity contribution in [3.8, 4) is 11.8 Å². The van der Waals surface area contributed by atoms with Crippen LogP contribution in [0, 0.1) is 17.2 Å². The zero-order valence-corrected chi connectivity index (χ0v) is 17.6. The molecular weight excluding hydrogens is 414 g/mol. The number of rotatable bonds is 3. The van der Waals surface area contributed by atoms with E-state index in [2.05, 4.69) is 15.3 Å². The predicted octanol–water partition coefficient (Wildman–Crippen LogP) is 1.35. The number of carbonyl (C=O) groups excluding carboxylic acids is 1. The Bertz CT molecular complexity index is 1140. The average Bonchev–Trinajstić information content (AvgIpc) is 3.26. The molecule has 32 heavy (non-hydrogen) atoms. The number of benzene rings is 1. The third kappa shape index (κ3) is 3.39. The molecular formula is C22H23N5O5. The molecule has 3 aliphatic heterocycles. The van der Waals surface area contributed by atoms with Crippen molar-refractivity contribution >= 4 is 17.7 Å². The highest BCUT2D eigenvalue weighted by Crippen LogP contribution is 2.39. The van der Waals surface area contributed by atoms with Gasteiger partial charge in [-0.15, -0.1) is 0 Å². The molecule has 166 valence electrons. The highest BCUT2D eigenvalue weighted by Gasteiger charge is 2.42. The van der Waals surface area contributed by atoms with Crippen molar-refractivity contribution in [2.75, 3.05) is 43.6 Å². The number of piperidine rings is 1. The van der Waals surface area contributed by atoms with Crippen molar-refractivity contribution in [1.82, 2.24) is 9.97 Å². The summed E-state index contributed by atoms with van der Waals surface area (Å²) in [4.78, 5) is 35.3. The number of aromatic amines is 1. The fraction of sp³-hybridized carbons (Fsp3) is 0.455. The van der Waals surface area contributed by atoms with Crippen molar-refractivity contribution in [2.45, 2.75) is 24.5 Å². The number of methoxy groups -OCH3 is 1. The molecule has 1 spiro atoms. The van der Waals surface area contributed by atoms with Gasteiger partial charge in [0.2, 0.25) is 11.9 Å². The monoisotopic (exact) mass is 437 g/mol. The van der Waals surface area contributed by atoms with Gasteiger partial charge in [0.25, 0.3) is 5.56 Å². The molecule has 0 aliphatic carbocycles. The molecule has 10 nitrogen and oxygen atoms in total. The molecule has 0 saturated carbocycles. The fourth-order valence-electron chi connectivity index (χ4n) is 4.69. The van der Waals surface area contributed by atoms with E-state index in [0.717, 1.165) is 0 Å². The molecule has 4 heterocycles. The van der Waals surface area contributed by atoms with Gasteiger partial charge in [0, 0.05) is 31.8 Å². The van der Waals surface area contributed by atoms with E-state index in [-0.39, 0.29) is 16.9 Å². The number of ether oxygens (including phenoxy) is 3. The zero-order chi connectivity index (χ0) is 22.3. The first-order valence-corrected chi connectivity index (χ1v) is 10.5. The third-order valence-electron chi connectivity index (χ3n) is 6.34. The summed E-state index contributed by atoms with van der Waals surface area (Å²) in [6.07, 6.45) is 1.31. The number of nitrogens with zero attached hydrogens (tertiary/aromatic N) is 3. The summed E-state index contributed by atoms with van der Waals surface area (Å²) in [6.45, 7) is 2.36. The summed E-state index contributed by atoms with van der Waals surface area (Å²) in [5, 5.41) is 12.3. The maximum absolute atomic E-state index is 13.2. The molecule has 5 rings (SSSR count). The Hall–Kier alpha value is -3.42. The number of hydrogen-bond donors (Lipinski definition) is 2. The van der Waals surface area contributed by atoms with Crippen LogP contribution in [0.4, 0.5) is 11.8 Å². The van der Waals surface area contributed by atoms with Gasteiger partial charge in [0.05, 0.1) is 32.0 Å². The molecule has 10 heteroatoms. The van der Waals surface area contributed by atoms with Gasteiger partial charge in [-0.2, -0.15) is 10.2 Å². The van der Waals surface area contributed by atoms with Gasteiger partial charge in [-0.3, -0.25) is 14.6 Å². The van der Waals surface area contributed by atoms with E-state index in [1.165, 1.54) is 7.11 Å². The predicted molar refractivity (Wildman–Crippen MR) is 114 cm³/mol. The lowest BCUT2D eigenvalue weighted by atomic mass is 9.79. The first kappa shape index (κ1) is 20.5. The molecule has 3 aliphatic rings. The normalized spacial score (nSPS) is 24.0. The minimum atomic E-state index is -1.06. The Kier molecular flexibility index (Phi) is 5.07. The molecule has 2 unspecified atom stereocenters. The Labute approximate surface area is 184 Å². The molecule has 2 N–H and O–H groups in total. The van der Waals surface area contributed by atoms with Crippen LogP contribution in [-0.2, 0) is 14.3 Å². The van der Waals surface area contributed by atoms with E-state index in [0.29, 0.717) is 56.4 Å². The summed E-state index contributed by atoms with van der Waals surface area (Å²) in [5.41, 5.74) is 0.526. The van der Waals surface area contributed by atoms with E-state index in [1.807, 2.05) is 11.0 Å². The quantitative estimate of drug-likeness (QED) is 0.736. The molecule has 2 atom stereocenters. The van der Waals surface area contributed by atoms with Gasteiger partial charge in [0.15, 0.2) is 5.79 Å². The minimum absolute atomic E-state index is 0.182. The molecule has 2 fully saturated rings. The van der Waals surface area contributed by atoms with Crippen molar-refractivity contribution in [3.63, 3.8) is 0 Å². The number of nitrogens with one attached hydrogen (secondary N) is 2. The molecule has 2 saturated heterocycles. The summed E-state index contributed by atoms with van der Waals surface area (Å²) in [6, 6.07) is 9.08. The highest BCUT2D eigenvalue weighted by molar-refractivity contribution is 5.98. The minimum Gasteiger partial charge on any atom is -0.497 e. The smallest absolute Gasteiger partial charge is 0.258 e. The summed E-state index contributed by atoms with van der Waals surface area (Å²) >= 11 is 0. The van der Waals surface area contributed by atoms with Crippen molar-refractivity contribution < 1.29 is 19.0 Å². The number of aromatic nitrogens is 2. The number of H-pyrrole nitrogens is 1. The van der Waals surface area contributed by atoms with E-state index >= 15 is 0 Å². The fourth-order valence-corrected chi connectivity index (χ4v) is 4.69. The number of fused-ring (bicyclic) bond motifs is 1. The van der Waals surface area contributed by atoms with Crippen LogP contribution >= 0.6 is 0 Å². The van der Waals surface area contributed by atoms with Crippen molar-refractivity contribution in [2.24, 2.45) is 5.92 Å². The molecule has 1 amide bonds. The van der Waals surface area contributed by atoms with Gasteiger partial charge >= 0.3 is 0 Å². The molecule has 2 aromatic rings. The van der Waals surface area contributed by atoms with Crippen LogP contribution in [0.1, 0.15) is 29.9 Å². The second-order valence-electron chi connectivity index (χ2n) is 8.10. The van der Waals surface area contributed by atoms with E-state index in [4.69, 9.17) is 14.2 Å². The van der Waals surface area contributed by atoms with E-state index in [1.54, 1.807) is 24.3 Å². The standard InChI is InChI=1S/C22H23N5O5/c1-30-14-4-2-3-13(11-14)16-15(12-23)19(28)24-18-17(16)20(29)26-21(25-18)27-7-5-22(6-8-27)31-9-10-32-22/h2-4,11,15-16H,5-10H2,1H3,(H2,24,25,26,28,29). The Morgan fingerprint density at radius 3 is 2.69 bits per heavy atom.